The van der Waals surface area contributed by atoms with Gasteiger partial charge in [-0.2, -0.15) is 0 Å². The van der Waals surface area contributed by atoms with Crippen molar-refractivity contribution in [3.05, 3.63) is 145 Å². The lowest BCUT2D eigenvalue weighted by molar-refractivity contribution is 0.835. The van der Waals surface area contributed by atoms with Crippen LogP contribution in [0.25, 0.3) is 55.0 Å². The molecule has 0 radical (unpaired) electrons. The van der Waals surface area contributed by atoms with Crippen molar-refractivity contribution in [2.24, 2.45) is 0 Å². The Morgan fingerprint density at radius 2 is 1.00 bits per heavy atom. The highest BCUT2D eigenvalue weighted by Crippen LogP contribution is 2.38. The molecule has 0 saturated heterocycles. The molecule has 0 bridgehead atoms. The summed E-state index contributed by atoms with van der Waals surface area (Å²) in [7, 11) is 0. The van der Waals surface area contributed by atoms with Gasteiger partial charge in [0.1, 0.15) is 0 Å². The highest BCUT2D eigenvalue weighted by Gasteiger charge is 2.20. The summed E-state index contributed by atoms with van der Waals surface area (Å²) in [5, 5.41) is 5.21. The molecule has 2 heterocycles. The lowest BCUT2D eigenvalue weighted by Gasteiger charge is -2.22. The number of hydrogen-bond donors (Lipinski definition) is 0. The highest BCUT2D eigenvalue weighted by atomic mass is 15.0. The lowest BCUT2D eigenvalue weighted by atomic mass is 9.90. The summed E-state index contributed by atoms with van der Waals surface area (Å²) in [6, 6.07) is 44.1. The zero-order chi connectivity index (χ0) is 25.1. The molecule has 0 fully saturated rings. The van der Waals surface area contributed by atoms with E-state index in [9.17, 15) is 0 Å². The fourth-order valence-electron chi connectivity index (χ4n) is 6.38. The standard InChI is InChI=1S/C36H26N2/c1-5-19-33-29(15-1)30-16-2-6-20-34(30)37(33)27-13-9-11-25(23-27)26-12-10-14-28(24-26)38-35-21-7-3-17-31(35)32-18-4-8-22-36(32)38/h1-23,26H,24H2. The van der Waals surface area contributed by atoms with Crippen LogP contribution in [-0.2, 0) is 0 Å². The fraction of sp³-hybridized carbons (Fsp3) is 0.0556. The van der Waals surface area contributed by atoms with Crippen LogP contribution >= 0.6 is 0 Å². The molecule has 8 rings (SSSR count). The molecule has 180 valence electrons. The lowest BCUT2D eigenvalue weighted by Crippen LogP contribution is -2.06. The SMILES string of the molecule is C1=CC(c2cccc(-n3c4ccccc4c4ccccc43)c2)CC(n2c3ccccc3c3ccccc32)=C1. The number of allylic oxidation sites excluding steroid dienone is 4. The molecule has 0 saturated carbocycles. The molecule has 2 heteroatoms. The predicted molar refractivity (Wildman–Crippen MR) is 161 cm³/mol. The maximum atomic E-state index is 2.46. The Hall–Kier alpha value is -4.82. The van der Waals surface area contributed by atoms with Crippen LogP contribution in [-0.4, -0.2) is 9.13 Å². The molecule has 0 amide bonds. The van der Waals surface area contributed by atoms with E-state index in [4.69, 9.17) is 0 Å². The molecule has 1 aliphatic rings. The number of fused-ring (bicyclic) bond motifs is 6. The molecular formula is C36H26N2. The van der Waals surface area contributed by atoms with Gasteiger partial charge in [-0.25, -0.2) is 0 Å². The van der Waals surface area contributed by atoms with Crippen LogP contribution in [0.1, 0.15) is 17.9 Å². The van der Waals surface area contributed by atoms with Gasteiger partial charge in [0.2, 0.25) is 0 Å². The number of aromatic nitrogens is 2. The maximum absolute atomic E-state index is 2.46. The van der Waals surface area contributed by atoms with Crippen molar-refractivity contribution in [3.63, 3.8) is 0 Å². The van der Waals surface area contributed by atoms with Gasteiger partial charge in [-0.05, 0) is 54.5 Å². The van der Waals surface area contributed by atoms with Gasteiger partial charge in [0.15, 0.2) is 0 Å². The largest absolute Gasteiger partial charge is 0.313 e. The first kappa shape index (κ1) is 21.3. The van der Waals surface area contributed by atoms with Crippen LogP contribution in [0.5, 0.6) is 0 Å². The van der Waals surface area contributed by atoms with Gasteiger partial charge in [0.05, 0.1) is 22.1 Å². The van der Waals surface area contributed by atoms with Gasteiger partial charge >= 0.3 is 0 Å². The van der Waals surface area contributed by atoms with Crippen molar-refractivity contribution in [1.29, 1.82) is 0 Å². The second-order valence-corrected chi connectivity index (χ2v) is 10.2. The number of para-hydroxylation sites is 4. The number of rotatable bonds is 3. The Kier molecular flexibility index (Phi) is 4.68. The summed E-state index contributed by atoms with van der Waals surface area (Å²) in [5.74, 6) is 0.308. The first-order valence-electron chi connectivity index (χ1n) is 13.3. The zero-order valence-electron chi connectivity index (χ0n) is 21.0. The maximum Gasteiger partial charge on any atom is 0.0541 e. The minimum Gasteiger partial charge on any atom is -0.313 e. The fourth-order valence-corrected chi connectivity index (χ4v) is 6.38. The molecule has 0 N–H and O–H groups in total. The third-order valence-corrected chi connectivity index (χ3v) is 8.07. The van der Waals surface area contributed by atoms with Crippen molar-refractivity contribution in [2.75, 3.05) is 0 Å². The molecule has 1 atom stereocenters. The van der Waals surface area contributed by atoms with Crippen molar-refractivity contribution >= 4 is 49.3 Å². The molecule has 0 aliphatic heterocycles. The van der Waals surface area contributed by atoms with Gasteiger partial charge in [0, 0.05) is 38.8 Å². The highest BCUT2D eigenvalue weighted by molar-refractivity contribution is 6.10. The Bertz CT molecular complexity index is 1960. The third kappa shape index (κ3) is 3.13. The van der Waals surface area contributed by atoms with Gasteiger partial charge < -0.3 is 9.13 Å². The first-order chi connectivity index (χ1) is 18.9. The smallest absolute Gasteiger partial charge is 0.0541 e. The first-order valence-corrected chi connectivity index (χ1v) is 13.3. The van der Waals surface area contributed by atoms with E-state index < -0.39 is 0 Å². The second kappa shape index (κ2) is 8.36. The average molecular weight is 487 g/mol. The average Bonchev–Trinajstić information content (AvgIpc) is 3.51. The van der Waals surface area contributed by atoms with Crippen LogP contribution in [0.15, 0.2) is 140 Å². The van der Waals surface area contributed by atoms with Crippen LogP contribution in [0.3, 0.4) is 0 Å². The normalized spacial score (nSPS) is 15.6. The number of nitrogens with zero attached hydrogens (tertiary/aromatic N) is 2. The van der Waals surface area contributed by atoms with Crippen molar-refractivity contribution in [3.8, 4) is 5.69 Å². The Morgan fingerprint density at radius 3 is 1.55 bits per heavy atom. The Labute approximate surface area is 221 Å². The predicted octanol–water partition coefficient (Wildman–Crippen LogP) is 9.48. The minimum atomic E-state index is 0.308. The van der Waals surface area contributed by atoms with Crippen molar-refractivity contribution < 1.29 is 0 Å². The summed E-state index contributed by atoms with van der Waals surface area (Å²) in [4.78, 5) is 0. The summed E-state index contributed by atoms with van der Waals surface area (Å²) < 4.78 is 4.86. The quantitative estimate of drug-likeness (QED) is 0.235. The van der Waals surface area contributed by atoms with E-state index in [1.807, 2.05) is 0 Å². The summed E-state index contributed by atoms with van der Waals surface area (Å²) >= 11 is 0. The molecule has 5 aromatic carbocycles. The van der Waals surface area contributed by atoms with Gasteiger partial charge in [-0.3, -0.25) is 0 Å². The Balaban J connectivity index is 1.23. The molecule has 0 spiro atoms. The monoisotopic (exact) mass is 486 g/mol. The van der Waals surface area contributed by atoms with Crippen LogP contribution in [0, 0.1) is 0 Å². The van der Waals surface area contributed by atoms with E-state index in [0.29, 0.717) is 5.92 Å². The molecule has 1 unspecified atom stereocenters. The summed E-state index contributed by atoms with van der Waals surface area (Å²) in [5.41, 5.74) is 8.92. The van der Waals surface area contributed by atoms with E-state index in [2.05, 4.69) is 149 Å². The van der Waals surface area contributed by atoms with E-state index in [1.54, 1.807) is 0 Å². The topological polar surface area (TPSA) is 9.86 Å². The number of hydrogen-bond acceptors (Lipinski definition) is 0. The second-order valence-electron chi connectivity index (χ2n) is 10.2. The van der Waals surface area contributed by atoms with Crippen molar-refractivity contribution in [2.45, 2.75) is 12.3 Å². The number of benzene rings is 5. The summed E-state index contributed by atoms with van der Waals surface area (Å²) in [6.45, 7) is 0. The third-order valence-electron chi connectivity index (χ3n) is 8.07. The zero-order valence-corrected chi connectivity index (χ0v) is 21.0. The van der Waals surface area contributed by atoms with Gasteiger partial charge in [-0.15, -0.1) is 0 Å². The van der Waals surface area contributed by atoms with E-state index >= 15 is 0 Å². The summed E-state index contributed by atoms with van der Waals surface area (Å²) in [6.07, 6.45) is 7.82. The molecule has 7 aromatic rings. The van der Waals surface area contributed by atoms with Gasteiger partial charge in [-0.1, -0.05) is 97.1 Å². The molecule has 1 aliphatic carbocycles. The van der Waals surface area contributed by atoms with Crippen molar-refractivity contribution in [1.82, 2.24) is 9.13 Å². The molecule has 38 heavy (non-hydrogen) atoms. The Morgan fingerprint density at radius 1 is 0.500 bits per heavy atom. The van der Waals surface area contributed by atoms with Crippen LogP contribution in [0.2, 0.25) is 0 Å². The molecule has 2 aromatic heterocycles. The van der Waals surface area contributed by atoms with E-state index in [-0.39, 0.29) is 0 Å². The van der Waals surface area contributed by atoms with Crippen LogP contribution < -0.4 is 0 Å². The molecule has 2 nitrogen and oxygen atoms in total. The van der Waals surface area contributed by atoms with E-state index in [1.165, 1.54) is 60.6 Å². The van der Waals surface area contributed by atoms with E-state index in [0.717, 1.165) is 6.42 Å². The van der Waals surface area contributed by atoms with Gasteiger partial charge in [0.25, 0.3) is 0 Å². The van der Waals surface area contributed by atoms with Crippen LogP contribution in [0.4, 0.5) is 0 Å². The molecular weight excluding hydrogens is 460 g/mol. The minimum absolute atomic E-state index is 0.308.